The Labute approximate surface area is 114 Å². The number of carbonyl (C=O) groups is 2. The van der Waals surface area contributed by atoms with Gasteiger partial charge in [-0.3, -0.25) is 4.79 Å². The number of carboxylic acids is 1. The summed E-state index contributed by atoms with van der Waals surface area (Å²) in [5.74, 6) is -2.36. The van der Waals surface area contributed by atoms with Crippen molar-refractivity contribution in [1.82, 2.24) is 5.32 Å². The summed E-state index contributed by atoms with van der Waals surface area (Å²) >= 11 is 0. The molecule has 20 heavy (non-hydrogen) atoms. The number of furan rings is 1. The maximum Gasteiger partial charge on any atom is 0.371 e. The zero-order valence-electron chi connectivity index (χ0n) is 10.4. The number of rotatable bonds is 5. The molecule has 2 rings (SSSR count). The lowest BCUT2D eigenvalue weighted by atomic mass is 10.1. The minimum Gasteiger partial charge on any atom is -0.475 e. The van der Waals surface area contributed by atoms with Crippen molar-refractivity contribution >= 4 is 11.9 Å². The predicted octanol–water partition coefficient (Wildman–Crippen LogP) is 2.09. The minimum absolute atomic E-state index is 0.0542. The fraction of sp³-hybridized carbons (Fsp3) is 0.143. The first-order chi connectivity index (χ1) is 9.56. The zero-order chi connectivity index (χ0) is 14.5. The van der Waals surface area contributed by atoms with Crippen LogP contribution >= 0.6 is 0 Å². The molecule has 0 saturated heterocycles. The lowest BCUT2D eigenvalue weighted by Gasteiger charge is -2.03. The van der Waals surface area contributed by atoms with Gasteiger partial charge in [0.15, 0.2) is 5.76 Å². The number of hydrogen-bond donors (Lipinski definition) is 2. The highest BCUT2D eigenvalue weighted by molar-refractivity contribution is 5.93. The van der Waals surface area contributed by atoms with Crippen molar-refractivity contribution in [3.05, 3.63) is 59.3 Å². The van der Waals surface area contributed by atoms with Crippen LogP contribution < -0.4 is 5.32 Å². The van der Waals surface area contributed by atoms with Gasteiger partial charge in [-0.2, -0.15) is 0 Å². The SMILES string of the molecule is O=C(O)c1ccc(C(=O)NCCc2ccc(F)cc2)o1. The third-order valence-corrected chi connectivity index (χ3v) is 2.65. The van der Waals surface area contributed by atoms with Crippen LogP contribution in [0.15, 0.2) is 40.8 Å². The van der Waals surface area contributed by atoms with Gasteiger partial charge in [-0.25, -0.2) is 9.18 Å². The van der Waals surface area contributed by atoms with Crippen LogP contribution in [0.25, 0.3) is 0 Å². The van der Waals surface area contributed by atoms with Crippen molar-refractivity contribution in [2.75, 3.05) is 6.54 Å². The summed E-state index contributed by atoms with van der Waals surface area (Å²) < 4.78 is 17.6. The molecule has 5 nitrogen and oxygen atoms in total. The van der Waals surface area contributed by atoms with Crippen molar-refractivity contribution < 1.29 is 23.5 Å². The summed E-state index contributed by atoms with van der Waals surface area (Å²) in [4.78, 5) is 22.3. The van der Waals surface area contributed by atoms with E-state index in [-0.39, 0.29) is 17.3 Å². The highest BCUT2D eigenvalue weighted by atomic mass is 19.1. The van der Waals surface area contributed by atoms with Gasteiger partial charge in [0, 0.05) is 6.54 Å². The Kier molecular flexibility index (Phi) is 4.14. The fourth-order valence-corrected chi connectivity index (χ4v) is 1.63. The van der Waals surface area contributed by atoms with Crippen LogP contribution in [0.2, 0.25) is 0 Å². The molecule has 1 amide bonds. The van der Waals surface area contributed by atoms with Gasteiger partial charge in [0.2, 0.25) is 5.76 Å². The zero-order valence-corrected chi connectivity index (χ0v) is 10.4. The van der Waals surface area contributed by atoms with Crippen molar-refractivity contribution in [2.45, 2.75) is 6.42 Å². The van der Waals surface area contributed by atoms with E-state index in [2.05, 4.69) is 5.32 Å². The molecule has 6 heteroatoms. The molecule has 0 atom stereocenters. The number of carbonyl (C=O) groups excluding carboxylic acids is 1. The number of benzene rings is 1. The molecular formula is C14H12FNO4. The second kappa shape index (κ2) is 6.01. The molecule has 0 radical (unpaired) electrons. The van der Waals surface area contributed by atoms with E-state index in [4.69, 9.17) is 9.52 Å². The largest absolute Gasteiger partial charge is 0.475 e. The van der Waals surface area contributed by atoms with Crippen LogP contribution in [-0.2, 0) is 6.42 Å². The molecule has 1 heterocycles. The molecule has 0 unspecified atom stereocenters. The average molecular weight is 277 g/mol. The van der Waals surface area contributed by atoms with Crippen molar-refractivity contribution in [3.8, 4) is 0 Å². The molecule has 0 fully saturated rings. The molecule has 2 aromatic rings. The van der Waals surface area contributed by atoms with E-state index >= 15 is 0 Å². The Morgan fingerprint density at radius 2 is 1.75 bits per heavy atom. The van der Waals surface area contributed by atoms with Crippen LogP contribution in [0.5, 0.6) is 0 Å². The summed E-state index contributed by atoms with van der Waals surface area (Å²) in [7, 11) is 0. The molecule has 0 spiro atoms. The van der Waals surface area contributed by atoms with Gasteiger partial charge >= 0.3 is 5.97 Å². The highest BCUT2D eigenvalue weighted by Gasteiger charge is 2.14. The monoisotopic (exact) mass is 277 g/mol. The summed E-state index contributed by atoms with van der Waals surface area (Å²) in [6.07, 6.45) is 0.540. The second-order valence-corrected chi connectivity index (χ2v) is 4.10. The standard InChI is InChI=1S/C14H12FNO4/c15-10-3-1-9(2-4-10)7-8-16-13(17)11-5-6-12(20-11)14(18)19/h1-6H,7-8H2,(H,16,17)(H,18,19). The van der Waals surface area contributed by atoms with Crippen LogP contribution in [0.4, 0.5) is 4.39 Å². The van der Waals surface area contributed by atoms with E-state index in [1.54, 1.807) is 12.1 Å². The van der Waals surface area contributed by atoms with E-state index in [9.17, 15) is 14.0 Å². The molecule has 0 aliphatic rings. The molecule has 0 saturated carbocycles. The third-order valence-electron chi connectivity index (χ3n) is 2.65. The van der Waals surface area contributed by atoms with Gasteiger partial charge in [-0.15, -0.1) is 0 Å². The first kappa shape index (κ1) is 13.8. The molecule has 0 aliphatic carbocycles. The molecule has 0 aliphatic heterocycles. The number of amides is 1. The fourth-order valence-electron chi connectivity index (χ4n) is 1.63. The first-order valence-electron chi connectivity index (χ1n) is 5.92. The van der Waals surface area contributed by atoms with Crippen LogP contribution in [-0.4, -0.2) is 23.5 Å². The van der Waals surface area contributed by atoms with E-state index < -0.39 is 11.9 Å². The Morgan fingerprint density at radius 3 is 2.35 bits per heavy atom. The Hall–Kier alpha value is -2.63. The first-order valence-corrected chi connectivity index (χ1v) is 5.92. The minimum atomic E-state index is -1.23. The van der Waals surface area contributed by atoms with E-state index in [1.165, 1.54) is 24.3 Å². The van der Waals surface area contributed by atoms with Gasteiger partial charge in [-0.1, -0.05) is 12.1 Å². The highest BCUT2D eigenvalue weighted by Crippen LogP contribution is 2.08. The lowest BCUT2D eigenvalue weighted by Crippen LogP contribution is -2.25. The summed E-state index contributed by atoms with van der Waals surface area (Å²) in [6, 6.07) is 8.49. The number of aromatic carboxylic acids is 1. The van der Waals surface area contributed by atoms with Crippen molar-refractivity contribution in [3.63, 3.8) is 0 Å². The molecular weight excluding hydrogens is 265 g/mol. The quantitative estimate of drug-likeness (QED) is 0.877. The van der Waals surface area contributed by atoms with E-state index in [0.29, 0.717) is 13.0 Å². The lowest BCUT2D eigenvalue weighted by molar-refractivity contribution is 0.0659. The van der Waals surface area contributed by atoms with Gasteiger partial charge in [0.25, 0.3) is 5.91 Å². The molecule has 0 bridgehead atoms. The van der Waals surface area contributed by atoms with Gasteiger partial charge in [0.1, 0.15) is 5.82 Å². The summed E-state index contributed by atoms with van der Waals surface area (Å²) in [5, 5.41) is 11.3. The van der Waals surface area contributed by atoms with Crippen LogP contribution in [0, 0.1) is 5.82 Å². The summed E-state index contributed by atoms with van der Waals surface area (Å²) in [6.45, 7) is 0.341. The third kappa shape index (κ3) is 3.44. The normalized spacial score (nSPS) is 10.2. The smallest absolute Gasteiger partial charge is 0.371 e. The number of nitrogens with one attached hydrogen (secondary N) is 1. The number of carboxylic acid groups (broad SMARTS) is 1. The molecule has 1 aromatic heterocycles. The Morgan fingerprint density at radius 1 is 1.10 bits per heavy atom. The average Bonchev–Trinajstić information content (AvgIpc) is 2.91. The Bertz CT molecular complexity index is 618. The molecule has 2 N–H and O–H groups in total. The van der Waals surface area contributed by atoms with Crippen LogP contribution in [0.1, 0.15) is 26.7 Å². The topological polar surface area (TPSA) is 79.5 Å². The van der Waals surface area contributed by atoms with Gasteiger partial charge < -0.3 is 14.8 Å². The Balaban J connectivity index is 1.85. The number of halogens is 1. The van der Waals surface area contributed by atoms with Gasteiger partial charge in [0.05, 0.1) is 0 Å². The second-order valence-electron chi connectivity index (χ2n) is 4.10. The van der Waals surface area contributed by atoms with Crippen molar-refractivity contribution in [1.29, 1.82) is 0 Å². The van der Waals surface area contributed by atoms with Gasteiger partial charge in [-0.05, 0) is 36.2 Å². The van der Waals surface area contributed by atoms with Crippen LogP contribution in [0.3, 0.4) is 0 Å². The van der Waals surface area contributed by atoms with Crippen molar-refractivity contribution in [2.24, 2.45) is 0 Å². The summed E-state index contributed by atoms with van der Waals surface area (Å²) in [5.41, 5.74) is 0.886. The predicted molar refractivity (Wildman–Crippen MR) is 68.1 cm³/mol. The molecule has 1 aromatic carbocycles. The van der Waals surface area contributed by atoms with E-state index in [0.717, 1.165) is 5.56 Å². The molecule has 104 valence electrons. The maximum absolute atomic E-state index is 12.7. The van der Waals surface area contributed by atoms with E-state index in [1.807, 2.05) is 0 Å². The maximum atomic E-state index is 12.7. The number of hydrogen-bond acceptors (Lipinski definition) is 3.